The third-order valence-electron chi connectivity index (χ3n) is 4.11. The second-order valence-corrected chi connectivity index (χ2v) is 5.61. The first-order valence-electron chi connectivity index (χ1n) is 7.38. The van der Waals surface area contributed by atoms with Crippen LogP contribution in [-0.2, 0) is 9.59 Å². The fourth-order valence-corrected chi connectivity index (χ4v) is 2.96. The van der Waals surface area contributed by atoms with Crippen molar-refractivity contribution in [3.63, 3.8) is 0 Å². The SMILES string of the molecule is CCCC1(C(=O)N[C@H](C(=O)O)c2ccccc2)CCNC1. The highest BCUT2D eigenvalue weighted by Crippen LogP contribution is 2.32. The van der Waals surface area contributed by atoms with Crippen molar-refractivity contribution >= 4 is 11.9 Å². The monoisotopic (exact) mass is 290 g/mol. The average molecular weight is 290 g/mol. The van der Waals surface area contributed by atoms with Crippen LogP contribution in [0.15, 0.2) is 30.3 Å². The number of amides is 1. The Balaban J connectivity index is 2.17. The van der Waals surface area contributed by atoms with Gasteiger partial charge >= 0.3 is 5.97 Å². The van der Waals surface area contributed by atoms with Crippen molar-refractivity contribution in [3.05, 3.63) is 35.9 Å². The molecule has 1 heterocycles. The van der Waals surface area contributed by atoms with Crippen LogP contribution in [0.2, 0.25) is 0 Å². The Labute approximate surface area is 124 Å². The number of rotatable bonds is 6. The third kappa shape index (κ3) is 3.42. The number of hydrogen-bond donors (Lipinski definition) is 3. The summed E-state index contributed by atoms with van der Waals surface area (Å²) in [5.41, 5.74) is 0.119. The summed E-state index contributed by atoms with van der Waals surface area (Å²) in [5.74, 6) is -1.20. The molecule has 0 aromatic heterocycles. The molecule has 0 spiro atoms. The first-order valence-corrected chi connectivity index (χ1v) is 7.38. The van der Waals surface area contributed by atoms with Gasteiger partial charge in [0.1, 0.15) is 0 Å². The summed E-state index contributed by atoms with van der Waals surface area (Å²) in [6.07, 6.45) is 2.43. The van der Waals surface area contributed by atoms with Crippen molar-refractivity contribution in [3.8, 4) is 0 Å². The van der Waals surface area contributed by atoms with Crippen molar-refractivity contribution in [2.24, 2.45) is 5.41 Å². The number of aliphatic carboxylic acids is 1. The molecule has 0 aliphatic carbocycles. The van der Waals surface area contributed by atoms with Crippen LogP contribution >= 0.6 is 0 Å². The number of nitrogens with one attached hydrogen (secondary N) is 2. The molecule has 1 aliphatic heterocycles. The van der Waals surface area contributed by atoms with Gasteiger partial charge in [-0.3, -0.25) is 4.79 Å². The van der Waals surface area contributed by atoms with E-state index in [4.69, 9.17) is 0 Å². The van der Waals surface area contributed by atoms with Gasteiger partial charge in [-0.15, -0.1) is 0 Å². The lowest BCUT2D eigenvalue weighted by Gasteiger charge is -2.28. The molecule has 114 valence electrons. The number of carboxylic acid groups (broad SMARTS) is 1. The largest absolute Gasteiger partial charge is 0.479 e. The molecule has 1 saturated heterocycles. The quantitative estimate of drug-likeness (QED) is 0.745. The van der Waals surface area contributed by atoms with Crippen LogP contribution in [0.4, 0.5) is 0 Å². The molecule has 0 radical (unpaired) electrons. The number of benzene rings is 1. The molecular formula is C16H22N2O3. The molecule has 0 bridgehead atoms. The maximum absolute atomic E-state index is 12.6. The van der Waals surface area contributed by atoms with E-state index in [0.717, 1.165) is 25.8 Å². The fourth-order valence-electron chi connectivity index (χ4n) is 2.96. The van der Waals surface area contributed by atoms with E-state index in [0.29, 0.717) is 12.1 Å². The Kier molecular flexibility index (Phi) is 4.96. The number of carbonyl (C=O) groups is 2. The third-order valence-corrected chi connectivity index (χ3v) is 4.11. The normalized spacial score (nSPS) is 22.7. The lowest BCUT2D eigenvalue weighted by molar-refractivity contribution is -0.144. The first-order chi connectivity index (χ1) is 10.1. The smallest absolute Gasteiger partial charge is 0.330 e. The lowest BCUT2D eigenvalue weighted by atomic mass is 9.81. The van der Waals surface area contributed by atoms with Crippen molar-refractivity contribution in [2.75, 3.05) is 13.1 Å². The highest BCUT2D eigenvalue weighted by Gasteiger charge is 2.41. The molecule has 1 unspecified atom stereocenters. The summed E-state index contributed by atoms with van der Waals surface area (Å²) in [5, 5.41) is 15.3. The highest BCUT2D eigenvalue weighted by molar-refractivity contribution is 5.88. The van der Waals surface area contributed by atoms with Crippen LogP contribution in [0.1, 0.15) is 37.8 Å². The molecular weight excluding hydrogens is 268 g/mol. The Morgan fingerprint density at radius 1 is 1.38 bits per heavy atom. The van der Waals surface area contributed by atoms with Crippen LogP contribution in [0, 0.1) is 5.41 Å². The Morgan fingerprint density at radius 3 is 2.62 bits per heavy atom. The van der Waals surface area contributed by atoms with E-state index in [2.05, 4.69) is 10.6 Å². The van der Waals surface area contributed by atoms with E-state index in [9.17, 15) is 14.7 Å². The van der Waals surface area contributed by atoms with E-state index in [1.54, 1.807) is 24.3 Å². The number of carboxylic acids is 1. The molecule has 1 fully saturated rings. The summed E-state index contributed by atoms with van der Waals surface area (Å²) >= 11 is 0. The summed E-state index contributed by atoms with van der Waals surface area (Å²) in [4.78, 5) is 24.1. The zero-order valence-electron chi connectivity index (χ0n) is 12.3. The minimum atomic E-state index is -1.04. The predicted octanol–water partition coefficient (Wildman–Crippen LogP) is 1.71. The lowest BCUT2D eigenvalue weighted by Crippen LogP contribution is -2.45. The topological polar surface area (TPSA) is 78.4 Å². The van der Waals surface area contributed by atoms with Crippen LogP contribution in [0.25, 0.3) is 0 Å². The predicted molar refractivity (Wildman–Crippen MR) is 79.8 cm³/mol. The van der Waals surface area contributed by atoms with Gasteiger partial charge in [-0.2, -0.15) is 0 Å². The zero-order chi connectivity index (χ0) is 15.3. The summed E-state index contributed by atoms with van der Waals surface area (Å²) < 4.78 is 0. The summed E-state index contributed by atoms with van der Waals surface area (Å²) in [7, 11) is 0. The summed E-state index contributed by atoms with van der Waals surface area (Å²) in [6, 6.07) is 7.82. The van der Waals surface area contributed by atoms with Gasteiger partial charge in [-0.05, 0) is 24.9 Å². The molecule has 1 aromatic rings. The second kappa shape index (κ2) is 6.72. The maximum atomic E-state index is 12.6. The Morgan fingerprint density at radius 2 is 2.10 bits per heavy atom. The van der Waals surface area contributed by atoms with E-state index in [1.807, 2.05) is 13.0 Å². The van der Waals surface area contributed by atoms with Gasteiger partial charge in [-0.25, -0.2) is 4.79 Å². The molecule has 5 heteroatoms. The standard InChI is InChI=1S/C16H22N2O3/c1-2-8-16(9-10-17-11-16)15(21)18-13(14(19)20)12-6-4-3-5-7-12/h3-7,13,17H,2,8-11H2,1H3,(H,18,21)(H,19,20)/t13-,16?/m0/s1. The van der Waals surface area contributed by atoms with Gasteiger partial charge < -0.3 is 15.7 Å². The maximum Gasteiger partial charge on any atom is 0.330 e. The van der Waals surface area contributed by atoms with Gasteiger partial charge in [0, 0.05) is 6.54 Å². The van der Waals surface area contributed by atoms with E-state index >= 15 is 0 Å². The van der Waals surface area contributed by atoms with Crippen molar-refractivity contribution in [1.29, 1.82) is 0 Å². The van der Waals surface area contributed by atoms with Crippen LogP contribution in [0.3, 0.4) is 0 Å². The molecule has 2 rings (SSSR count). The van der Waals surface area contributed by atoms with Crippen LogP contribution in [0.5, 0.6) is 0 Å². The van der Waals surface area contributed by atoms with Gasteiger partial charge in [0.15, 0.2) is 6.04 Å². The van der Waals surface area contributed by atoms with Crippen molar-refractivity contribution in [2.45, 2.75) is 32.2 Å². The minimum absolute atomic E-state index is 0.161. The first kappa shape index (κ1) is 15.5. The molecule has 3 N–H and O–H groups in total. The fraction of sp³-hybridized carbons (Fsp3) is 0.500. The van der Waals surface area contributed by atoms with Crippen LogP contribution in [-0.4, -0.2) is 30.1 Å². The van der Waals surface area contributed by atoms with Crippen molar-refractivity contribution in [1.82, 2.24) is 10.6 Å². The molecule has 1 aromatic carbocycles. The molecule has 1 aliphatic rings. The molecule has 2 atom stereocenters. The average Bonchev–Trinajstić information content (AvgIpc) is 2.95. The summed E-state index contributed by atoms with van der Waals surface area (Å²) in [6.45, 7) is 3.46. The number of carbonyl (C=O) groups excluding carboxylic acids is 1. The molecule has 5 nitrogen and oxygen atoms in total. The van der Waals surface area contributed by atoms with Gasteiger partial charge in [0.05, 0.1) is 5.41 Å². The van der Waals surface area contributed by atoms with Gasteiger partial charge in [0.2, 0.25) is 5.91 Å². The van der Waals surface area contributed by atoms with Gasteiger partial charge in [0.25, 0.3) is 0 Å². The van der Waals surface area contributed by atoms with Crippen LogP contribution < -0.4 is 10.6 Å². The zero-order valence-corrected chi connectivity index (χ0v) is 12.3. The molecule has 21 heavy (non-hydrogen) atoms. The molecule has 0 saturated carbocycles. The van der Waals surface area contributed by atoms with E-state index < -0.39 is 17.4 Å². The van der Waals surface area contributed by atoms with E-state index in [1.165, 1.54) is 0 Å². The second-order valence-electron chi connectivity index (χ2n) is 5.61. The molecule has 1 amide bonds. The van der Waals surface area contributed by atoms with E-state index in [-0.39, 0.29) is 5.91 Å². The Bertz CT molecular complexity index is 496. The van der Waals surface area contributed by atoms with Crippen molar-refractivity contribution < 1.29 is 14.7 Å². The highest BCUT2D eigenvalue weighted by atomic mass is 16.4. The Hall–Kier alpha value is -1.88. The van der Waals surface area contributed by atoms with Gasteiger partial charge in [-0.1, -0.05) is 43.7 Å². The minimum Gasteiger partial charge on any atom is -0.479 e. The number of hydrogen-bond acceptors (Lipinski definition) is 3.